The van der Waals surface area contributed by atoms with Gasteiger partial charge in [0.2, 0.25) is 0 Å². The number of nitrogens with zero attached hydrogens (tertiary/aromatic N) is 3. The number of nitrogens with one attached hydrogen (secondary N) is 2. The highest BCUT2D eigenvalue weighted by atomic mass is 35.5. The first-order valence-electron chi connectivity index (χ1n) is 8.52. The number of fused-ring (bicyclic) bond motifs is 1. The van der Waals surface area contributed by atoms with Crippen molar-refractivity contribution in [2.45, 2.75) is 38.6 Å². The highest BCUT2D eigenvalue weighted by Crippen LogP contribution is 2.31. The minimum atomic E-state index is -0.342. The highest BCUT2D eigenvalue weighted by Gasteiger charge is 2.20. The third-order valence-electron chi connectivity index (χ3n) is 4.78. The Balaban J connectivity index is 1.67. The third kappa shape index (κ3) is 3.31. The van der Waals surface area contributed by atoms with Crippen LogP contribution in [0.3, 0.4) is 0 Å². The molecule has 5 nitrogen and oxygen atoms in total. The zero-order valence-electron chi connectivity index (χ0n) is 13.9. The van der Waals surface area contributed by atoms with Gasteiger partial charge in [0.25, 0.3) is 0 Å². The fourth-order valence-corrected chi connectivity index (χ4v) is 3.68. The first-order chi connectivity index (χ1) is 12.1. The molecule has 0 bridgehead atoms. The van der Waals surface area contributed by atoms with Crippen molar-refractivity contribution in [2.24, 2.45) is 5.92 Å². The summed E-state index contributed by atoms with van der Waals surface area (Å²) < 4.78 is 14.3. The van der Waals surface area contributed by atoms with Gasteiger partial charge >= 0.3 is 0 Å². The first kappa shape index (κ1) is 16.3. The molecule has 3 aromatic heterocycles. The summed E-state index contributed by atoms with van der Waals surface area (Å²) >= 11 is 5.95. The number of aromatic nitrogens is 4. The Labute approximate surface area is 150 Å². The Morgan fingerprint density at radius 1 is 1.28 bits per heavy atom. The van der Waals surface area contributed by atoms with Crippen molar-refractivity contribution < 1.29 is 4.39 Å². The van der Waals surface area contributed by atoms with Gasteiger partial charge in [-0.15, -0.1) is 0 Å². The molecule has 0 aromatic carbocycles. The summed E-state index contributed by atoms with van der Waals surface area (Å²) in [5.41, 5.74) is 3.12. The highest BCUT2D eigenvalue weighted by molar-refractivity contribution is 6.29. The molecule has 2 N–H and O–H groups in total. The maximum atomic E-state index is 14.3. The average molecular weight is 360 g/mol. The molecule has 25 heavy (non-hydrogen) atoms. The Morgan fingerprint density at radius 3 is 3.00 bits per heavy atom. The number of pyridine rings is 1. The van der Waals surface area contributed by atoms with Crippen molar-refractivity contribution in [1.29, 1.82) is 0 Å². The van der Waals surface area contributed by atoms with Crippen LogP contribution in [0.15, 0.2) is 24.7 Å². The second-order valence-corrected chi connectivity index (χ2v) is 7.14. The molecule has 1 fully saturated rings. The van der Waals surface area contributed by atoms with Crippen molar-refractivity contribution >= 4 is 28.5 Å². The van der Waals surface area contributed by atoms with Gasteiger partial charge in [-0.2, -0.15) is 0 Å². The van der Waals surface area contributed by atoms with Gasteiger partial charge in [0.1, 0.15) is 10.7 Å². The smallest absolute Gasteiger partial charge is 0.164 e. The van der Waals surface area contributed by atoms with Crippen LogP contribution in [0, 0.1) is 11.7 Å². The molecule has 0 spiro atoms. The number of hydrogen-bond donors (Lipinski definition) is 2. The Kier molecular flexibility index (Phi) is 4.29. The molecule has 2 unspecified atom stereocenters. The SMILES string of the molecule is CC1CCCC(Nc2cc(-c3c[nH]c4ncc(Cl)nc34)ncc2F)C1. The van der Waals surface area contributed by atoms with E-state index in [0.29, 0.717) is 39.7 Å². The van der Waals surface area contributed by atoms with Gasteiger partial charge in [-0.05, 0) is 24.8 Å². The zero-order chi connectivity index (χ0) is 17.4. The number of H-pyrrole nitrogens is 1. The number of anilines is 1. The molecule has 130 valence electrons. The van der Waals surface area contributed by atoms with Crippen LogP contribution in [0.4, 0.5) is 10.1 Å². The molecule has 1 saturated carbocycles. The second-order valence-electron chi connectivity index (χ2n) is 6.75. The van der Waals surface area contributed by atoms with Crippen LogP contribution in [0.2, 0.25) is 5.15 Å². The summed E-state index contributed by atoms with van der Waals surface area (Å²) in [6.45, 7) is 2.25. The monoisotopic (exact) mass is 359 g/mol. The van der Waals surface area contributed by atoms with E-state index in [1.165, 1.54) is 25.2 Å². The number of rotatable bonds is 3. The average Bonchev–Trinajstić information content (AvgIpc) is 3.00. The lowest BCUT2D eigenvalue weighted by atomic mass is 9.87. The van der Waals surface area contributed by atoms with Gasteiger partial charge in [-0.3, -0.25) is 4.98 Å². The maximum Gasteiger partial charge on any atom is 0.164 e. The maximum absolute atomic E-state index is 14.3. The van der Waals surface area contributed by atoms with Gasteiger partial charge in [-0.1, -0.05) is 31.4 Å². The number of halogens is 2. The third-order valence-corrected chi connectivity index (χ3v) is 4.96. The molecule has 1 aliphatic carbocycles. The van der Waals surface area contributed by atoms with E-state index in [4.69, 9.17) is 11.6 Å². The van der Waals surface area contributed by atoms with E-state index in [9.17, 15) is 4.39 Å². The molecule has 3 heterocycles. The van der Waals surface area contributed by atoms with Gasteiger partial charge in [0.15, 0.2) is 11.5 Å². The quantitative estimate of drug-likeness (QED) is 0.704. The molecule has 0 aliphatic heterocycles. The van der Waals surface area contributed by atoms with Gasteiger partial charge < -0.3 is 10.3 Å². The van der Waals surface area contributed by atoms with E-state index in [1.807, 2.05) is 0 Å². The second kappa shape index (κ2) is 6.59. The van der Waals surface area contributed by atoms with Gasteiger partial charge in [0.05, 0.1) is 23.8 Å². The lowest BCUT2D eigenvalue weighted by Crippen LogP contribution is -2.26. The summed E-state index contributed by atoms with van der Waals surface area (Å²) in [5.74, 6) is 0.326. The molecule has 0 amide bonds. The van der Waals surface area contributed by atoms with Gasteiger partial charge in [-0.25, -0.2) is 14.4 Å². The molecule has 0 saturated heterocycles. The summed E-state index contributed by atoms with van der Waals surface area (Å²) in [4.78, 5) is 15.8. The summed E-state index contributed by atoms with van der Waals surface area (Å²) in [5, 5.41) is 3.66. The molecular formula is C18H19ClFN5. The van der Waals surface area contributed by atoms with Crippen molar-refractivity contribution in [3.05, 3.63) is 35.6 Å². The van der Waals surface area contributed by atoms with Crippen LogP contribution < -0.4 is 5.32 Å². The summed E-state index contributed by atoms with van der Waals surface area (Å²) in [7, 11) is 0. The molecule has 3 aromatic rings. The normalized spacial score (nSPS) is 20.8. The fraction of sp³-hybridized carbons (Fsp3) is 0.389. The Bertz CT molecular complexity index is 910. The minimum absolute atomic E-state index is 0.297. The molecule has 0 radical (unpaired) electrons. The zero-order valence-corrected chi connectivity index (χ0v) is 14.6. The molecular weight excluding hydrogens is 341 g/mol. The van der Waals surface area contributed by atoms with E-state index in [1.54, 1.807) is 12.3 Å². The topological polar surface area (TPSA) is 66.5 Å². The van der Waals surface area contributed by atoms with Crippen LogP contribution in [-0.2, 0) is 0 Å². The van der Waals surface area contributed by atoms with E-state index in [-0.39, 0.29) is 5.82 Å². The van der Waals surface area contributed by atoms with E-state index in [0.717, 1.165) is 18.4 Å². The molecule has 2 atom stereocenters. The first-order valence-corrected chi connectivity index (χ1v) is 8.90. The van der Waals surface area contributed by atoms with Crippen molar-refractivity contribution in [3.63, 3.8) is 0 Å². The number of hydrogen-bond acceptors (Lipinski definition) is 4. The van der Waals surface area contributed by atoms with Crippen LogP contribution in [0.1, 0.15) is 32.6 Å². The fourth-order valence-electron chi connectivity index (χ4n) is 3.55. The molecule has 1 aliphatic rings. The molecule has 7 heteroatoms. The predicted molar refractivity (Wildman–Crippen MR) is 97.1 cm³/mol. The summed E-state index contributed by atoms with van der Waals surface area (Å²) in [6.07, 6.45) is 9.06. The van der Waals surface area contributed by atoms with Crippen molar-refractivity contribution in [3.8, 4) is 11.3 Å². The Morgan fingerprint density at radius 2 is 2.16 bits per heavy atom. The predicted octanol–water partition coefficient (Wildman–Crippen LogP) is 4.80. The standard InChI is InChI=1S/C18H19ClFN5/c1-10-3-2-4-11(5-10)24-15-6-14(21-8-13(15)20)12-7-22-18-17(12)25-16(19)9-23-18/h6-11H,2-5H2,1H3,(H,21,24)(H,22,23). The van der Waals surface area contributed by atoms with E-state index >= 15 is 0 Å². The lowest BCUT2D eigenvalue weighted by Gasteiger charge is -2.28. The number of aromatic amines is 1. The largest absolute Gasteiger partial charge is 0.380 e. The Hall–Kier alpha value is -2.21. The van der Waals surface area contributed by atoms with E-state index < -0.39 is 0 Å². The van der Waals surface area contributed by atoms with Crippen LogP contribution >= 0.6 is 11.6 Å². The van der Waals surface area contributed by atoms with Crippen LogP contribution in [0.5, 0.6) is 0 Å². The van der Waals surface area contributed by atoms with Crippen LogP contribution in [0.25, 0.3) is 22.4 Å². The lowest BCUT2D eigenvalue weighted by molar-refractivity contribution is 0.358. The van der Waals surface area contributed by atoms with E-state index in [2.05, 4.69) is 32.2 Å². The summed E-state index contributed by atoms with van der Waals surface area (Å²) in [6, 6.07) is 2.03. The van der Waals surface area contributed by atoms with Crippen molar-refractivity contribution in [2.75, 3.05) is 5.32 Å². The molecule has 4 rings (SSSR count). The van der Waals surface area contributed by atoms with Crippen molar-refractivity contribution in [1.82, 2.24) is 19.9 Å². The van der Waals surface area contributed by atoms with Gasteiger partial charge in [0, 0.05) is 17.8 Å². The minimum Gasteiger partial charge on any atom is -0.380 e. The van der Waals surface area contributed by atoms with Crippen LogP contribution in [-0.4, -0.2) is 26.0 Å².